The highest BCUT2D eigenvalue weighted by atomic mass is 16.5. The zero-order valence-electron chi connectivity index (χ0n) is 12.4. The van der Waals surface area contributed by atoms with E-state index in [9.17, 15) is 5.11 Å². The van der Waals surface area contributed by atoms with Crippen molar-refractivity contribution in [2.75, 3.05) is 13.2 Å². The van der Waals surface area contributed by atoms with Gasteiger partial charge < -0.3 is 14.4 Å². The normalized spacial score (nSPS) is 12.9. The summed E-state index contributed by atoms with van der Waals surface area (Å²) < 4.78 is 7.48. The number of imidazole rings is 1. The van der Waals surface area contributed by atoms with Crippen molar-refractivity contribution in [3.8, 4) is 0 Å². The first-order valence-electron chi connectivity index (χ1n) is 7.46. The minimum absolute atomic E-state index is 0.349. The van der Waals surface area contributed by atoms with Crippen LogP contribution in [0.1, 0.15) is 32.5 Å². The lowest BCUT2D eigenvalue weighted by atomic mass is 10.1. The number of aromatic nitrogens is 2. The first-order valence-corrected chi connectivity index (χ1v) is 7.46. The molecule has 2 aromatic rings. The molecular formula is C16H24N2O2. The Hall–Kier alpha value is -1.39. The lowest BCUT2D eigenvalue weighted by Gasteiger charge is -2.11. The molecule has 1 N–H and O–H groups in total. The minimum Gasteiger partial charge on any atom is -0.393 e. The van der Waals surface area contributed by atoms with Crippen molar-refractivity contribution in [2.45, 2.75) is 45.8 Å². The van der Waals surface area contributed by atoms with Crippen LogP contribution in [0.3, 0.4) is 0 Å². The third kappa shape index (κ3) is 3.58. The topological polar surface area (TPSA) is 47.3 Å². The highest BCUT2D eigenvalue weighted by Gasteiger charge is 2.13. The highest BCUT2D eigenvalue weighted by Crippen LogP contribution is 2.17. The van der Waals surface area contributed by atoms with E-state index in [4.69, 9.17) is 4.74 Å². The van der Waals surface area contributed by atoms with Gasteiger partial charge in [-0.25, -0.2) is 4.98 Å². The predicted molar refractivity (Wildman–Crippen MR) is 80.8 cm³/mol. The number of para-hydroxylation sites is 2. The molecule has 0 aliphatic carbocycles. The average Bonchev–Trinajstić information content (AvgIpc) is 2.80. The number of hydrogen-bond acceptors (Lipinski definition) is 3. The van der Waals surface area contributed by atoms with Gasteiger partial charge >= 0.3 is 0 Å². The Labute approximate surface area is 120 Å². The van der Waals surface area contributed by atoms with Gasteiger partial charge in [0, 0.05) is 26.2 Å². The second-order valence-electron chi connectivity index (χ2n) is 4.96. The number of aliphatic hydroxyl groups excluding tert-OH is 1. The number of ether oxygens (including phenoxy) is 1. The molecule has 0 fully saturated rings. The van der Waals surface area contributed by atoms with Crippen molar-refractivity contribution < 1.29 is 9.84 Å². The molecule has 0 aliphatic rings. The van der Waals surface area contributed by atoms with E-state index in [2.05, 4.69) is 22.5 Å². The van der Waals surface area contributed by atoms with Crippen molar-refractivity contribution in [1.29, 1.82) is 0 Å². The fourth-order valence-electron chi connectivity index (χ4n) is 2.51. The number of rotatable bonds is 8. The maximum Gasteiger partial charge on any atom is 0.112 e. The fourth-order valence-corrected chi connectivity index (χ4v) is 2.51. The molecule has 1 aromatic heterocycles. The summed E-state index contributed by atoms with van der Waals surface area (Å²) in [7, 11) is 0. The number of benzene rings is 1. The summed E-state index contributed by atoms with van der Waals surface area (Å²) in [6.07, 6.45) is 1.90. The number of aliphatic hydroxyl groups is 1. The third-order valence-electron chi connectivity index (χ3n) is 3.50. The van der Waals surface area contributed by atoms with Crippen LogP contribution in [-0.2, 0) is 17.7 Å². The number of nitrogens with zero attached hydrogens (tertiary/aromatic N) is 2. The van der Waals surface area contributed by atoms with Gasteiger partial charge in [0.05, 0.1) is 17.1 Å². The zero-order valence-corrected chi connectivity index (χ0v) is 12.4. The number of hydrogen-bond donors (Lipinski definition) is 1. The Morgan fingerprint density at radius 2 is 2.10 bits per heavy atom. The first-order chi connectivity index (χ1) is 9.76. The lowest BCUT2D eigenvalue weighted by molar-refractivity contribution is 0.113. The molecule has 4 heteroatoms. The minimum atomic E-state index is -0.349. The Kier molecular flexibility index (Phi) is 5.56. The number of aryl methyl sites for hydroxylation is 1. The molecule has 0 spiro atoms. The van der Waals surface area contributed by atoms with Gasteiger partial charge in [0.2, 0.25) is 0 Å². The van der Waals surface area contributed by atoms with Crippen molar-refractivity contribution in [1.82, 2.24) is 9.55 Å². The fraction of sp³-hybridized carbons (Fsp3) is 0.562. The third-order valence-corrected chi connectivity index (χ3v) is 3.50. The van der Waals surface area contributed by atoms with E-state index in [0.29, 0.717) is 6.42 Å². The van der Waals surface area contributed by atoms with Crippen LogP contribution in [0.5, 0.6) is 0 Å². The molecule has 2 rings (SSSR count). The van der Waals surface area contributed by atoms with Gasteiger partial charge in [-0.15, -0.1) is 0 Å². The van der Waals surface area contributed by atoms with E-state index in [-0.39, 0.29) is 6.10 Å². The predicted octanol–water partition coefficient (Wildman–Crippen LogP) is 2.78. The smallest absolute Gasteiger partial charge is 0.112 e. The molecule has 1 heterocycles. The van der Waals surface area contributed by atoms with Gasteiger partial charge in [-0.2, -0.15) is 0 Å². The Balaban J connectivity index is 2.01. The molecule has 0 aliphatic heterocycles. The van der Waals surface area contributed by atoms with Crippen molar-refractivity contribution in [3.63, 3.8) is 0 Å². The summed E-state index contributed by atoms with van der Waals surface area (Å²) >= 11 is 0. The van der Waals surface area contributed by atoms with E-state index in [0.717, 1.165) is 49.5 Å². The summed E-state index contributed by atoms with van der Waals surface area (Å²) in [5.74, 6) is 0.970. The lowest BCUT2D eigenvalue weighted by Crippen LogP contribution is -2.15. The molecule has 0 bridgehead atoms. The molecule has 20 heavy (non-hydrogen) atoms. The molecule has 1 atom stereocenters. The SMILES string of the molecule is CCOCCCC(O)Cc1nc2ccccc2n1CC. The maximum absolute atomic E-state index is 10.1. The van der Waals surface area contributed by atoms with E-state index in [1.54, 1.807) is 0 Å². The van der Waals surface area contributed by atoms with Crippen LogP contribution in [0.15, 0.2) is 24.3 Å². The average molecular weight is 276 g/mol. The van der Waals surface area contributed by atoms with E-state index in [1.165, 1.54) is 0 Å². The number of fused-ring (bicyclic) bond motifs is 1. The molecule has 110 valence electrons. The zero-order chi connectivity index (χ0) is 14.4. The van der Waals surface area contributed by atoms with Crippen molar-refractivity contribution >= 4 is 11.0 Å². The van der Waals surface area contributed by atoms with Gasteiger partial charge in [0.25, 0.3) is 0 Å². The van der Waals surface area contributed by atoms with Crippen LogP contribution in [0.2, 0.25) is 0 Å². The first kappa shape index (κ1) is 15.0. The van der Waals surface area contributed by atoms with E-state index >= 15 is 0 Å². The van der Waals surface area contributed by atoms with Gasteiger partial charge in [0.15, 0.2) is 0 Å². The molecule has 0 radical (unpaired) electrons. The van der Waals surface area contributed by atoms with Crippen LogP contribution < -0.4 is 0 Å². The Bertz CT molecular complexity index is 536. The van der Waals surface area contributed by atoms with Crippen LogP contribution in [0.25, 0.3) is 11.0 Å². The molecule has 1 unspecified atom stereocenters. The van der Waals surface area contributed by atoms with Gasteiger partial charge in [-0.3, -0.25) is 0 Å². The molecule has 1 aromatic carbocycles. The Morgan fingerprint density at radius 3 is 2.85 bits per heavy atom. The molecule has 4 nitrogen and oxygen atoms in total. The molecule has 0 saturated heterocycles. The standard InChI is InChI=1S/C16H24N2O2/c1-3-18-15-10-6-5-9-14(15)17-16(18)12-13(19)8-7-11-20-4-2/h5-6,9-10,13,19H,3-4,7-8,11-12H2,1-2H3. The van der Waals surface area contributed by atoms with Gasteiger partial charge in [0.1, 0.15) is 5.82 Å². The monoisotopic (exact) mass is 276 g/mol. The second kappa shape index (κ2) is 7.41. The summed E-state index contributed by atoms with van der Waals surface area (Å²) in [5.41, 5.74) is 2.15. The second-order valence-corrected chi connectivity index (χ2v) is 4.96. The van der Waals surface area contributed by atoms with Crippen LogP contribution in [0, 0.1) is 0 Å². The maximum atomic E-state index is 10.1. The quantitative estimate of drug-likeness (QED) is 0.754. The van der Waals surface area contributed by atoms with Crippen LogP contribution >= 0.6 is 0 Å². The molecule has 0 saturated carbocycles. The summed E-state index contributed by atoms with van der Waals surface area (Å²) in [6, 6.07) is 8.12. The summed E-state index contributed by atoms with van der Waals surface area (Å²) in [5, 5.41) is 10.1. The Morgan fingerprint density at radius 1 is 1.30 bits per heavy atom. The van der Waals surface area contributed by atoms with Crippen molar-refractivity contribution in [2.24, 2.45) is 0 Å². The van der Waals surface area contributed by atoms with Crippen molar-refractivity contribution in [3.05, 3.63) is 30.1 Å². The van der Waals surface area contributed by atoms with Gasteiger partial charge in [-0.1, -0.05) is 12.1 Å². The molecule has 0 amide bonds. The van der Waals surface area contributed by atoms with Crippen LogP contribution in [0.4, 0.5) is 0 Å². The van der Waals surface area contributed by atoms with Crippen LogP contribution in [-0.4, -0.2) is 34.0 Å². The summed E-state index contributed by atoms with van der Waals surface area (Å²) in [6.45, 7) is 6.43. The largest absolute Gasteiger partial charge is 0.393 e. The molecular weight excluding hydrogens is 252 g/mol. The van der Waals surface area contributed by atoms with E-state index in [1.807, 2.05) is 25.1 Å². The highest BCUT2D eigenvalue weighted by molar-refractivity contribution is 5.75. The van der Waals surface area contributed by atoms with E-state index < -0.39 is 0 Å². The van der Waals surface area contributed by atoms with Gasteiger partial charge in [-0.05, 0) is 38.8 Å². The summed E-state index contributed by atoms with van der Waals surface area (Å²) in [4.78, 5) is 4.64.